The average Bonchev–Trinajstić information content (AvgIpc) is 2.88. The molecule has 3 unspecified atom stereocenters. The third kappa shape index (κ3) is 4.71. The SMILES string of the molecule is CCCNC(C)CCCCN1CC2CCCN2CC1C. The van der Waals surface area contributed by atoms with Crippen LogP contribution in [0, 0.1) is 0 Å². The summed E-state index contributed by atoms with van der Waals surface area (Å²) in [6, 6.07) is 2.33. The van der Waals surface area contributed by atoms with E-state index in [1.165, 1.54) is 71.2 Å². The minimum Gasteiger partial charge on any atom is -0.314 e. The van der Waals surface area contributed by atoms with Gasteiger partial charge >= 0.3 is 0 Å². The zero-order valence-electron chi connectivity index (χ0n) is 13.9. The van der Waals surface area contributed by atoms with Crippen LogP contribution in [0.5, 0.6) is 0 Å². The molecule has 0 amide bonds. The highest BCUT2D eigenvalue weighted by atomic mass is 15.3. The molecule has 2 saturated heterocycles. The van der Waals surface area contributed by atoms with Crippen molar-refractivity contribution in [3.8, 4) is 0 Å². The predicted octanol–water partition coefficient (Wildman–Crippen LogP) is 2.71. The van der Waals surface area contributed by atoms with Gasteiger partial charge in [-0.3, -0.25) is 9.80 Å². The molecule has 118 valence electrons. The summed E-state index contributed by atoms with van der Waals surface area (Å²) in [5.41, 5.74) is 0. The zero-order valence-corrected chi connectivity index (χ0v) is 13.9. The first kappa shape index (κ1) is 16.3. The zero-order chi connectivity index (χ0) is 14.4. The number of fused-ring (bicyclic) bond motifs is 1. The lowest BCUT2D eigenvalue weighted by atomic mass is 10.1. The summed E-state index contributed by atoms with van der Waals surface area (Å²) in [6.07, 6.45) is 8.17. The fraction of sp³-hybridized carbons (Fsp3) is 1.00. The van der Waals surface area contributed by atoms with Gasteiger partial charge < -0.3 is 5.32 Å². The Kier molecular flexibility index (Phi) is 6.79. The summed E-state index contributed by atoms with van der Waals surface area (Å²) in [5.74, 6) is 0. The van der Waals surface area contributed by atoms with Crippen LogP contribution in [0.15, 0.2) is 0 Å². The molecule has 0 spiro atoms. The number of nitrogens with zero attached hydrogens (tertiary/aromatic N) is 2. The average molecular weight is 281 g/mol. The highest BCUT2D eigenvalue weighted by Gasteiger charge is 2.33. The van der Waals surface area contributed by atoms with Crippen LogP contribution in [0.4, 0.5) is 0 Å². The summed E-state index contributed by atoms with van der Waals surface area (Å²) in [6.45, 7) is 13.4. The Hall–Kier alpha value is -0.120. The van der Waals surface area contributed by atoms with Crippen LogP contribution in [0.2, 0.25) is 0 Å². The van der Waals surface area contributed by atoms with Crippen molar-refractivity contribution in [2.75, 3.05) is 32.7 Å². The monoisotopic (exact) mass is 281 g/mol. The van der Waals surface area contributed by atoms with E-state index in [4.69, 9.17) is 0 Å². The minimum absolute atomic E-state index is 0.694. The van der Waals surface area contributed by atoms with E-state index in [0.717, 1.165) is 12.1 Å². The molecule has 0 bridgehead atoms. The molecule has 2 rings (SSSR count). The van der Waals surface area contributed by atoms with Gasteiger partial charge in [0, 0.05) is 31.2 Å². The molecule has 2 heterocycles. The summed E-state index contributed by atoms with van der Waals surface area (Å²) < 4.78 is 0. The molecule has 2 aliphatic heterocycles. The van der Waals surface area contributed by atoms with Crippen molar-refractivity contribution in [3.05, 3.63) is 0 Å². The highest BCUT2D eigenvalue weighted by Crippen LogP contribution is 2.24. The van der Waals surface area contributed by atoms with Gasteiger partial charge in [0.25, 0.3) is 0 Å². The lowest BCUT2D eigenvalue weighted by molar-refractivity contribution is 0.0582. The fourth-order valence-corrected chi connectivity index (χ4v) is 3.82. The van der Waals surface area contributed by atoms with Crippen molar-refractivity contribution in [1.82, 2.24) is 15.1 Å². The van der Waals surface area contributed by atoms with Crippen molar-refractivity contribution < 1.29 is 0 Å². The van der Waals surface area contributed by atoms with E-state index in [-0.39, 0.29) is 0 Å². The maximum Gasteiger partial charge on any atom is 0.0224 e. The summed E-state index contributed by atoms with van der Waals surface area (Å²) in [5, 5.41) is 3.59. The van der Waals surface area contributed by atoms with Crippen LogP contribution in [0.25, 0.3) is 0 Å². The van der Waals surface area contributed by atoms with Crippen molar-refractivity contribution in [1.29, 1.82) is 0 Å². The Balaban J connectivity index is 1.59. The lowest BCUT2D eigenvalue weighted by Crippen LogP contribution is -2.55. The molecule has 1 N–H and O–H groups in total. The first-order chi connectivity index (χ1) is 9.70. The predicted molar refractivity (Wildman–Crippen MR) is 87.2 cm³/mol. The van der Waals surface area contributed by atoms with Crippen molar-refractivity contribution >= 4 is 0 Å². The Morgan fingerprint density at radius 1 is 1.25 bits per heavy atom. The smallest absolute Gasteiger partial charge is 0.0224 e. The Morgan fingerprint density at radius 3 is 2.90 bits per heavy atom. The van der Waals surface area contributed by atoms with Crippen LogP contribution in [0.3, 0.4) is 0 Å². The fourth-order valence-electron chi connectivity index (χ4n) is 3.82. The van der Waals surface area contributed by atoms with Gasteiger partial charge in [-0.1, -0.05) is 13.3 Å². The van der Waals surface area contributed by atoms with Crippen LogP contribution in [0.1, 0.15) is 59.3 Å². The van der Waals surface area contributed by atoms with Crippen molar-refractivity contribution in [3.63, 3.8) is 0 Å². The second-order valence-corrected chi connectivity index (χ2v) is 6.99. The molecule has 3 nitrogen and oxygen atoms in total. The molecule has 2 aliphatic rings. The number of nitrogens with one attached hydrogen (secondary N) is 1. The van der Waals surface area contributed by atoms with Crippen LogP contribution < -0.4 is 5.32 Å². The standard InChI is InChI=1S/C17H35N3/c1-4-10-18-15(2)8-5-6-11-19-14-17-9-7-12-20(17)13-16(19)3/h15-18H,4-14H2,1-3H3. The molecule has 3 atom stereocenters. The maximum absolute atomic E-state index is 3.59. The topological polar surface area (TPSA) is 18.5 Å². The molecule has 0 aliphatic carbocycles. The number of piperazine rings is 1. The van der Waals surface area contributed by atoms with Gasteiger partial charge in [-0.15, -0.1) is 0 Å². The molecule has 3 heteroatoms. The van der Waals surface area contributed by atoms with Gasteiger partial charge in [0.1, 0.15) is 0 Å². The van der Waals surface area contributed by atoms with Crippen molar-refractivity contribution in [2.24, 2.45) is 0 Å². The van der Waals surface area contributed by atoms with Gasteiger partial charge in [0.05, 0.1) is 0 Å². The van der Waals surface area contributed by atoms with Crippen LogP contribution in [-0.4, -0.2) is 60.6 Å². The molecule has 0 radical (unpaired) electrons. The van der Waals surface area contributed by atoms with Gasteiger partial charge in [-0.05, 0) is 65.6 Å². The van der Waals surface area contributed by atoms with E-state index in [2.05, 4.69) is 35.9 Å². The third-order valence-corrected chi connectivity index (χ3v) is 5.14. The molecule has 2 fully saturated rings. The van der Waals surface area contributed by atoms with E-state index in [1.807, 2.05) is 0 Å². The molecular formula is C17H35N3. The molecule has 20 heavy (non-hydrogen) atoms. The number of hydrogen-bond acceptors (Lipinski definition) is 3. The summed E-state index contributed by atoms with van der Waals surface area (Å²) in [7, 11) is 0. The Morgan fingerprint density at radius 2 is 2.10 bits per heavy atom. The van der Waals surface area contributed by atoms with Gasteiger partial charge in [0.15, 0.2) is 0 Å². The van der Waals surface area contributed by atoms with E-state index in [0.29, 0.717) is 6.04 Å². The molecular weight excluding hydrogens is 246 g/mol. The number of unbranched alkanes of at least 4 members (excludes halogenated alkanes) is 1. The molecule has 0 saturated carbocycles. The molecule has 0 aromatic heterocycles. The van der Waals surface area contributed by atoms with Gasteiger partial charge in [-0.2, -0.15) is 0 Å². The summed E-state index contributed by atoms with van der Waals surface area (Å²) >= 11 is 0. The van der Waals surface area contributed by atoms with E-state index >= 15 is 0 Å². The van der Waals surface area contributed by atoms with E-state index < -0.39 is 0 Å². The molecule has 0 aromatic rings. The van der Waals surface area contributed by atoms with Crippen LogP contribution >= 0.6 is 0 Å². The summed E-state index contributed by atoms with van der Waals surface area (Å²) in [4.78, 5) is 5.47. The first-order valence-corrected chi connectivity index (χ1v) is 8.92. The first-order valence-electron chi connectivity index (χ1n) is 8.92. The second-order valence-electron chi connectivity index (χ2n) is 6.99. The van der Waals surface area contributed by atoms with E-state index in [9.17, 15) is 0 Å². The Bertz CT molecular complexity index is 269. The van der Waals surface area contributed by atoms with Gasteiger partial charge in [-0.25, -0.2) is 0 Å². The van der Waals surface area contributed by atoms with Gasteiger partial charge in [0.2, 0.25) is 0 Å². The Labute approximate surface area is 126 Å². The lowest BCUT2D eigenvalue weighted by Gasteiger charge is -2.42. The number of rotatable bonds is 8. The molecule has 0 aromatic carbocycles. The largest absolute Gasteiger partial charge is 0.314 e. The van der Waals surface area contributed by atoms with E-state index in [1.54, 1.807) is 0 Å². The van der Waals surface area contributed by atoms with Crippen molar-refractivity contribution in [2.45, 2.75) is 77.4 Å². The third-order valence-electron chi connectivity index (χ3n) is 5.14. The quantitative estimate of drug-likeness (QED) is 0.690. The maximum atomic E-state index is 3.59. The second kappa shape index (κ2) is 8.35. The number of hydrogen-bond donors (Lipinski definition) is 1. The normalized spacial score (nSPS) is 29.6. The van der Waals surface area contributed by atoms with Crippen LogP contribution in [-0.2, 0) is 0 Å². The minimum atomic E-state index is 0.694. The highest BCUT2D eigenvalue weighted by molar-refractivity contribution is 4.90.